The van der Waals surface area contributed by atoms with Crippen molar-refractivity contribution < 1.29 is 21.6 Å². The van der Waals surface area contributed by atoms with E-state index in [1.54, 1.807) is 36.4 Å². The van der Waals surface area contributed by atoms with E-state index in [-0.39, 0.29) is 22.3 Å². The molecule has 1 amide bonds. The molecule has 0 spiro atoms. The number of hydrogen-bond donors (Lipinski definition) is 1. The highest BCUT2D eigenvalue weighted by atomic mass is 32.2. The Morgan fingerprint density at radius 2 is 1.77 bits per heavy atom. The second-order valence-electron chi connectivity index (χ2n) is 6.49. The highest BCUT2D eigenvalue weighted by Crippen LogP contribution is 2.23. The van der Waals surface area contributed by atoms with Crippen LogP contribution >= 0.6 is 0 Å². The third-order valence-electron chi connectivity index (χ3n) is 4.22. The number of hydrogen-bond acceptors (Lipinski definition) is 6. The van der Waals surface area contributed by atoms with Crippen molar-refractivity contribution in [3.8, 4) is 0 Å². The number of benzene rings is 2. The Balaban J connectivity index is 1.79. The van der Waals surface area contributed by atoms with Crippen molar-refractivity contribution in [3.05, 3.63) is 67.0 Å². The zero-order valence-corrected chi connectivity index (χ0v) is 17.9. The van der Waals surface area contributed by atoms with Crippen LogP contribution in [-0.2, 0) is 31.2 Å². The number of anilines is 2. The van der Waals surface area contributed by atoms with Crippen molar-refractivity contribution >= 4 is 37.1 Å². The zero-order chi connectivity index (χ0) is 21.9. The van der Waals surface area contributed by atoms with Gasteiger partial charge in [0.1, 0.15) is 6.54 Å². The van der Waals surface area contributed by atoms with E-state index in [4.69, 9.17) is 0 Å². The topological polar surface area (TPSA) is 118 Å². The Morgan fingerprint density at radius 3 is 2.43 bits per heavy atom. The molecule has 158 valence electrons. The van der Waals surface area contributed by atoms with Gasteiger partial charge in [-0.1, -0.05) is 24.3 Å². The number of carbonyl (C=O) groups excluding carboxylic acids is 1. The summed E-state index contributed by atoms with van der Waals surface area (Å²) in [5, 5.41) is 2.36. The number of para-hydroxylation sites is 1. The van der Waals surface area contributed by atoms with E-state index in [1.165, 1.54) is 42.2 Å². The van der Waals surface area contributed by atoms with Crippen LogP contribution in [0.15, 0.2) is 77.0 Å². The Hall–Kier alpha value is -3.18. The number of carbonyl (C=O) groups is 1. The summed E-state index contributed by atoms with van der Waals surface area (Å²) in [5.41, 5.74) is 0.768. The number of sulfone groups is 1. The standard InChI is InChI=1S/C19H20N4O5S2/c1-22(16-8-4-3-5-9-16)30(27,28)17-10-6-7-15(13-17)21-18(24)14-23-12-11-20-19(23)29(2,25)26/h3-13H,14H2,1-2H3,(H,21,24). The predicted molar refractivity (Wildman–Crippen MR) is 112 cm³/mol. The largest absolute Gasteiger partial charge is 0.324 e. The summed E-state index contributed by atoms with van der Waals surface area (Å²) in [4.78, 5) is 16.1. The molecule has 0 unspecified atom stereocenters. The minimum Gasteiger partial charge on any atom is -0.324 e. The van der Waals surface area contributed by atoms with Crippen molar-refractivity contribution in [3.63, 3.8) is 0 Å². The van der Waals surface area contributed by atoms with Crippen LogP contribution in [0.25, 0.3) is 0 Å². The lowest BCUT2D eigenvalue weighted by molar-refractivity contribution is -0.116. The minimum atomic E-state index is -3.84. The van der Waals surface area contributed by atoms with E-state index in [9.17, 15) is 21.6 Å². The second kappa shape index (κ2) is 8.28. The highest BCUT2D eigenvalue weighted by molar-refractivity contribution is 7.92. The van der Waals surface area contributed by atoms with Gasteiger partial charge in [-0.25, -0.2) is 21.8 Å². The van der Waals surface area contributed by atoms with Crippen LogP contribution in [0.1, 0.15) is 0 Å². The SMILES string of the molecule is CN(c1ccccc1)S(=O)(=O)c1cccc(NC(=O)Cn2ccnc2S(C)(=O)=O)c1. The van der Waals surface area contributed by atoms with Gasteiger partial charge in [0, 0.05) is 31.4 Å². The van der Waals surface area contributed by atoms with Crippen molar-refractivity contribution in [1.29, 1.82) is 0 Å². The average Bonchev–Trinajstić information content (AvgIpc) is 3.16. The molecule has 2 aromatic carbocycles. The van der Waals surface area contributed by atoms with Crippen LogP contribution in [0.3, 0.4) is 0 Å². The molecule has 3 aromatic rings. The van der Waals surface area contributed by atoms with E-state index in [0.717, 1.165) is 10.6 Å². The van der Waals surface area contributed by atoms with E-state index in [0.29, 0.717) is 5.69 Å². The van der Waals surface area contributed by atoms with Gasteiger partial charge in [0.2, 0.25) is 20.9 Å². The highest BCUT2D eigenvalue weighted by Gasteiger charge is 2.22. The lowest BCUT2D eigenvalue weighted by Crippen LogP contribution is -2.26. The molecule has 1 heterocycles. The van der Waals surface area contributed by atoms with E-state index < -0.39 is 25.8 Å². The van der Waals surface area contributed by atoms with Crippen LogP contribution in [0.4, 0.5) is 11.4 Å². The maximum absolute atomic E-state index is 12.9. The van der Waals surface area contributed by atoms with Crippen LogP contribution in [0.5, 0.6) is 0 Å². The molecule has 0 saturated heterocycles. The van der Waals surface area contributed by atoms with Crippen LogP contribution in [-0.4, -0.2) is 45.6 Å². The molecule has 9 nitrogen and oxygen atoms in total. The summed E-state index contributed by atoms with van der Waals surface area (Å²) in [6.07, 6.45) is 3.67. The molecule has 0 aliphatic carbocycles. The summed E-state index contributed by atoms with van der Waals surface area (Å²) in [6, 6.07) is 14.4. The Bertz CT molecular complexity index is 1270. The lowest BCUT2D eigenvalue weighted by Gasteiger charge is -2.20. The van der Waals surface area contributed by atoms with E-state index in [1.807, 2.05) is 0 Å². The monoisotopic (exact) mass is 448 g/mol. The fourth-order valence-electron chi connectivity index (χ4n) is 2.77. The smallest absolute Gasteiger partial charge is 0.264 e. The second-order valence-corrected chi connectivity index (χ2v) is 10.4. The molecule has 0 atom stereocenters. The van der Waals surface area contributed by atoms with Gasteiger partial charge >= 0.3 is 0 Å². The molecule has 0 aliphatic rings. The third-order valence-corrected chi connectivity index (χ3v) is 7.00. The average molecular weight is 449 g/mol. The number of nitrogens with zero attached hydrogens (tertiary/aromatic N) is 3. The molecule has 3 rings (SSSR count). The fraction of sp³-hybridized carbons (Fsp3) is 0.158. The number of sulfonamides is 1. The summed E-state index contributed by atoms with van der Waals surface area (Å²) in [7, 11) is -5.98. The van der Waals surface area contributed by atoms with E-state index >= 15 is 0 Å². The van der Waals surface area contributed by atoms with Gasteiger partial charge < -0.3 is 9.88 Å². The van der Waals surface area contributed by atoms with Gasteiger partial charge in [-0.05, 0) is 30.3 Å². The molecule has 0 radical (unpaired) electrons. The first-order valence-electron chi connectivity index (χ1n) is 8.74. The van der Waals surface area contributed by atoms with Gasteiger partial charge in [0.05, 0.1) is 10.6 Å². The number of nitrogens with one attached hydrogen (secondary N) is 1. The van der Waals surface area contributed by atoms with Gasteiger partial charge in [-0.15, -0.1) is 0 Å². The molecule has 0 aliphatic heterocycles. The summed E-state index contributed by atoms with van der Waals surface area (Å²) >= 11 is 0. The molecule has 30 heavy (non-hydrogen) atoms. The Labute approximate surface area is 175 Å². The lowest BCUT2D eigenvalue weighted by atomic mass is 10.3. The molecule has 1 N–H and O–H groups in total. The van der Waals surface area contributed by atoms with Crippen LogP contribution in [0, 0.1) is 0 Å². The third kappa shape index (κ3) is 4.69. The molecule has 0 bridgehead atoms. The summed E-state index contributed by atoms with van der Waals surface area (Å²) in [5.74, 6) is -0.524. The quantitative estimate of drug-likeness (QED) is 0.588. The number of imidazole rings is 1. The Morgan fingerprint density at radius 1 is 1.07 bits per heavy atom. The molecule has 11 heteroatoms. The first-order chi connectivity index (χ1) is 14.1. The normalized spacial score (nSPS) is 11.8. The summed E-state index contributed by atoms with van der Waals surface area (Å²) in [6.45, 7) is -0.288. The Kier molecular flexibility index (Phi) is 5.94. The first-order valence-corrected chi connectivity index (χ1v) is 12.1. The molecule has 0 fully saturated rings. The van der Waals surface area contributed by atoms with Crippen molar-refractivity contribution in [1.82, 2.24) is 9.55 Å². The van der Waals surface area contributed by atoms with Gasteiger partial charge in [0.25, 0.3) is 10.0 Å². The predicted octanol–water partition coefficient (Wildman–Crippen LogP) is 1.75. The molecular weight excluding hydrogens is 428 g/mol. The first kappa shape index (κ1) is 21.5. The number of amides is 1. The molecule has 0 saturated carbocycles. The minimum absolute atomic E-state index is 0.00566. The summed E-state index contributed by atoms with van der Waals surface area (Å²) < 4.78 is 51.6. The van der Waals surface area contributed by atoms with Gasteiger partial charge in [0.15, 0.2) is 0 Å². The fourth-order valence-corrected chi connectivity index (χ4v) is 4.81. The maximum atomic E-state index is 12.9. The van der Waals surface area contributed by atoms with Crippen molar-refractivity contribution in [2.24, 2.45) is 0 Å². The van der Waals surface area contributed by atoms with Crippen LogP contribution < -0.4 is 9.62 Å². The number of aromatic nitrogens is 2. The molecular formula is C19H20N4O5S2. The van der Waals surface area contributed by atoms with Crippen LogP contribution in [0.2, 0.25) is 0 Å². The van der Waals surface area contributed by atoms with E-state index in [2.05, 4.69) is 10.3 Å². The maximum Gasteiger partial charge on any atom is 0.264 e. The van der Waals surface area contributed by atoms with Crippen molar-refractivity contribution in [2.75, 3.05) is 22.9 Å². The number of rotatable bonds is 7. The zero-order valence-electron chi connectivity index (χ0n) is 16.3. The van der Waals surface area contributed by atoms with Gasteiger partial charge in [-0.3, -0.25) is 9.10 Å². The van der Waals surface area contributed by atoms with Crippen molar-refractivity contribution in [2.45, 2.75) is 16.6 Å². The van der Waals surface area contributed by atoms with Gasteiger partial charge in [-0.2, -0.15) is 0 Å². The molecule has 1 aromatic heterocycles.